The molecule has 0 atom stereocenters. The maximum absolute atomic E-state index is 11.8. The van der Waals surface area contributed by atoms with Crippen molar-refractivity contribution in [3.63, 3.8) is 0 Å². The third-order valence-corrected chi connectivity index (χ3v) is 4.04. The number of nitrogens with one attached hydrogen (secondary N) is 3. The smallest absolute Gasteiger partial charge is 0.315 e. The van der Waals surface area contributed by atoms with Crippen LogP contribution in [0.4, 0.5) is 10.5 Å². The number of carbonyl (C=O) groups excluding carboxylic acids is 2. The fourth-order valence-electron chi connectivity index (χ4n) is 2.73. The largest absolute Gasteiger partial charge is 0.481 e. The molecule has 1 aliphatic carbocycles. The van der Waals surface area contributed by atoms with Crippen LogP contribution < -0.4 is 20.7 Å². The highest BCUT2D eigenvalue weighted by Crippen LogP contribution is 2.17. The first-order valence-electron chi connectivity index (χ1n) is 8.51. The van der Waals surface area contributed by atoms with E-state index in [4.69, 9.17) is 4.74 Å². The summed E-state index contributed by atoms with van der Waals surface area (Å²) in [4.78, 5) is 27.6. The predicted octanol–water partition coefficient (Wildman–Crippen LogP) is 2.44. The van der Waals surface area contributed by atoms with Gasteiger partial charge in [0.25, 0.3) is 0 Å². The Kier molecular flexibility index (Phi) is 7.32. The fraction of sp³-hybridized carbons (Fsp3) is 0.588. The molecule has 1 saturated carbocycles. The molecule has 3 N–H and O–H groups in total. The summed E-state index contributed by atoms with van der Waals surface area (Å²) in [6.07, 6.45) is 8.24. The Labute approximate surface area is 142 Å². The second-order valence-corrected chi connectivity index (χ2v) is 5.98. The van der Waals surface area contributed by atoms with Crippen molar-refractivity contribution < 1.29 is 14.3 Å². The highest BCUT2D eigenvalue weighted by molar-refractivity contribution is 5.90. The molecule has 0 unspecified atom stereocenters. The number of aromatic nitrogens is 1. The number of pyridine rings is 1. The SMILES string of the molecule is COc1ccc(NC(=O)CCCNC(=O)NC2CCCCC2)cn1. The summed E-state index contributed by atoms with van der Waals surface area (Å²) in [5.74, 6) is 0.401. The van der Waals surface area contributed by atoms with Crippen LogP contribution in [0.1, 0.15) is 44.9 Å². The van der Waals surface area contributed by atoms with Gasteiger partial charge in [0.15, 0.2) is 0 Å². The van der Waals surface area contributed by atoms with Crippen LogP contribution >= 0.6 is 0 Å². The zero-order chi connectivity index (χ0) is 17.2. The van der Waals surface area contributed by atoms with E-state index < -0.39 is 0 Å². The Morgan fingerprint density at radius 1 is 1.25 bits per heavy atom. The van der Waals surface area contributed by atoms with Crippen LogP contribution in [-0.4, -0.2) is 36.6 Å². The average Bonchev–Trinajstić information content (AvgIpc) is 2.60. The highest BCUT2D eigenvalue weighted by Gasteiger charge is 2.15. The summed E-state index contributed by atoms with van der Waals surface area (Å²) < 4.78 is 4.96. The van der Waals surface area contributed by atoms with Crippen LogP contribution in [0.3, 0.4) is 0 Å². The lowest BCUT2D eigenvalue weighted by Crippen LogP contribution is -2.43. The number of nitrogens with zero attached hydrogens (tertiary/aromatic N) is 1. The van der Waals surface area contributed by atoms with Crippen molar-refractivity contribution in [2.24, 2.45) is 0 Å². The van der Waals surface area contributed by atoms with E-state index in [1.165, 1.54) is 26.4 Å². The molecule has 7 nitrogen and oxygen atoms in total. The molecule has 7 heteroatoms. The van der Waals surface area contributed by atoms with Gasteiger partial charge >= 0.3 is 6.03 Å². The van der Waals surface area contributed by atoms with Crippen LogP contribution in [0.15, 0.2) is 18.3 Å². The topological polar surface area (TPSA) is 92.4 Å². The minimum absolute atomic E-state index is 0.101. The summed E-state index contributed by atoms with van der Waals surface area (Å²) in [6.45, 7) is 0.479. The van der Waals surface area contributed by atoms with E-state index in [0.29, 0.717) is 37.0 Å². The van der Waals surface area contributed by atoms with Crippen LogP contribution in [0.25, 0.3) is 0 Å². The van der Waals surface area contributed by atoms with E-state index in [-0.39, 0.29) is 11.9 Å². The molecule has 0 spiro atoms. The standard InChI is InChI=1S/C17H26N4O3/c1-24-16-10-9-14(12-19-16)20-15(22)8-5-11-18-17(23)21-13-6-3-2-4-7-13/h9-10,12-13H,2-8,11H2,1H3,(H,20,22)(H2,18,21,23). The van der Waals surface area contributed by atoms with E-state index >= 15 is 0 Å². The molecular formula is C17H26N4O3. The molecule has 0 saturated heterocycles. The van der Waals surface area contributed by atoms with Gasteiger partial charge in [-0.15, -0.1) is 0 Å². The van der Waals surface area contributed by atoms with Crippen LogP contribution in [-0.2, 0) is 4.79 Å². The second kappa shape index (κ2) is 9.75. The lowest BCUT2D eigenvalue weighted by atomic mass is 9.96. The lowest BCUT2D eigenvalue weighted by molar-refractivity contribution is -0.116. The Morgan fingerprint density at radius 3 is 2.71 bits per heavy atom. The molecule has 1 aliphatic rings. The minimum Gasteiger partial charge on any atom is -0.481 e. The van der Waals surface area contributed by atoms with Crippen LogP contribution in [0.5, 0.6) is 5.88 Å². The van der Waals surface area contributed by atoms with Crippen molar-refractivity contribution in [2.45, 2.75) is 51.0 Å². The summed E-state index contributed by atoms with van der Waals surface area (Å²) in [6, 6.07) is 3.58. The maximum atomic E-state index is 11.8. The monoisotopic (exact) mass is 334 g/mol. The molecule has 0 radical (unpaired) electrons. The van der Waals surface area contributed by atoms with Gasteiger partial charge in [0.1, 0.15) is 0 Å². The third-order valence-electron chi connectivity index (χ3n) is 4.04. The number of methoxy groups -OCH3 is 1. The summed E-state index contributed by atoms with van der Waals surface area (Å²) in [5.41, 5.74) is 0.629. The van der Waals surface area contributed by atoms with Gasteiger partial charge in [-0.25, -0.2) is 9.78 Å². The lowest BCUT2D eigenvalue weighted by Gasteiger charge is -2.22. The van der Waals surface area contributed by atoms with E-state index in [1.54, 1.807) is 18.3 Å². The molecule has 1 aromatic rings. The Balaban J connectivity index is 1.57. The second-order valence-electron chi connectivity index (χ2n) is 5.98. The molecular weight excluding hydrogens is 308 g/mol. The normalized spacial score (nSPS) is 14.7. The number of hydrogen-bond acceptors (Lipinski definition) is 4. The maximum Gasteiger partial charge on any atom is 0.315 e. The molecule has 0 aromatic carbocycles. The zero-order valence-electron chi connectivity index (χ0n) is 14.1. The molecule has 24 heavy (non-hydrogen) atoms. The summed E-state index contributed by atoms with van der Waals surface area (Å²) >= 11 is 0. The average molecular weight is 334 g/mol. The third kappa shape index (κ3) is 6.44. The van der Waals surface area contributed by atoms with Crippen molar-refractivity contribution in [2.75, 3.05) is 19.0 Å². The predicted molar refractivity (Wildman–Crippen MR) is 92.1 cm³/mol. The van der Waals surface area contributed by atoms with E-state index in [9.17, 15) is 9.59 Å². The molecule has 0 aliphatic heterocycles. The van der Waals surface area contributed by atoms with Gasteiger partial charge in [0.2, 0.25) is 11.8 Å². The number of ether oxygens (including phenoxy) is 1. The van der Waals surface area contributed by atoms with Gasteiger partial charge < -0.3 is 20.7 Å². The van der Waals surface area contributed by atoms with E-state index in [1.807, 2.05) is 0 Å². The number of carbonyl (C=O) groups is 2. The van der Waals surface area contributed by atoms with Gasteiger partial charge in [-0.2, -0.15) is 0 Å². The highest BCUT2D eigenvalue weighted by atomic mass is 16.5. The summed E-state index contributed by atoms with van der Waals surface area (Å²) in [7, 11) is 1.54. The number of anilines is 1. The quantitative estimate of drug-likeness (QED) is 0.668. The fourth-order valence-corrected chi connectivity index (χ4v) is 2.73. The van der Waals surface area contributed by atoms with Crippen molar-refractivity contribution in [3.8, 4) is 5.88 Å². The first-order valence-corrected chi connectivity index (χ1v) is 8.51. The zero-order valence-corrected chi connectivity index (χ0v) is 14.1. The van der Waals surface area contributed by atoms with E-state index in [2.05, 4.69) is 20.9 Å². The van der Waals surface area contributed by atoms with Crippen molar-refractivity contribution in [1.82, 2.24) is 15.6 Å². The Morgan fingerprint density at radius 2 is 2.04 bits per heavy atom. The molecule has 3 amide bonds. The number of urea groups is 1. The molecule has 1 aromatic heterocycles. The molecule has 0 bridgehead atoms. The Bertz CT molecular complexity index is 527. The van der Waals surface area contributed by atoms with Crippen LogP contribution in [0, 0.1) is 0 Å². The van der Waals surface area contributed by atoms with E-state index in [0.717, 1.165) is 12.8 Å². The first-order chi connectivity index (χ1) is 11.7. The number of amides is 3. The molecule has 1 fully saturated rings. The molecule has 2 rings (SSSR count). The minimum atomic E-state index is -0.137. The number of rotatable bonds is 7. The van der Waals surface area contributed by atoms with Gasteiger partial charge in [-0.1, -0.05) is 19.3 Å². The van der Waals surface area contributed by atoms with Crippen LogP contribution in [0.2, 0.25) is 0 Å². The first kappa shape index (κ1) is 18.0. The van der Waals surface area contributed by atoms with Gasteiger partial charge in [0.05, 0.1) is 19.0 Å². The molecule has 1 heterocycles. The Hall–Kier alpha value is -2.31. The van der Waals surface area contributed by atoms with Crippen molar-refractivity contribution in [3.05, 3.63) is 18.3 Å². The van der Waals surface area contributed by atoms with Crippen molar-refractivity contribution in [1.29, 1.82) is 0 Å². The number of hydrogen-bond donors (Lipinski definition) is 3. The van der Waals surface area contributed by atoms with Gasteiger partial charge in [-0.3, -0.25) is 4.79 Å². The molecule has 132 valence electrons. The van der Waals surface area contributed by atoms with Gasteiger partial charge in [0, 0.05) is 25.1 Å². The van der Waals surface area contributed by atoms with Crippen molar-refractivity contribution >= 4 is 17.6 Å². The summed E-state index contributed by atoms with van der Waals surface area (Å²) in [5, 5.41) is 8.55. The van der Waals surface area contributed by atoms with Gasteiger partial charge in [-0.05, 0) is 25.3 Å².